The first-order valence-corrected chi connectivity index (χ1v) is 10.1. The van der Waals surface area contributed by atoms with Crippen LogP contribution in [0.5, 0.6) is 0 Å². The van der Waals surface area contributed by atoms with E-state index in [9.17, 15) is 5.11 Å². The minimum atomic E-state index is -0.446. The van der Waals surface area contributed by atoms with Crippen LogP contribution < -0.4 is 4.90 Å². The number of nitrogens with zero attached hydrogens (tertiary/aromatic N) is 3. The van der Waals surface area contributed by atoms with Gasteiger partial charge in [0.15, 0.2) is 0 Å². The molecule has 4 rings (SSSR count). The monoisotopic (exact) mass is 393 g/mol. The molecule has 1 atom stereocenters. The summed E-state index contributed by atoms with van der Waals surface area (Å²) in [5.41, 5.74) is 2.15. The second-order valence-electron chi connectivity index (χ2n) is 7.31. The van der Waals surface area contributed by atoms with Gasteiger partial charge < -0.3 is 10.0 Å². The largest absolute Gasteiger partial charge is 0.388 e. The fourth-order valence-corrected chi connectivity index (χ4v) is 3.93. The maximum Gasteiger partial charge on any atom is 0.135 e. The van der Waals surface area contributed by atoms with E-state index >= 15 is 0 Å². The van der Waals surface area contributed by atoms with Crippen LogP contribution in [0.15, 0.2) is 66.9 Å². The molecule has 2 aromatic carbocycles. The Balaban J connectivity index is 1.38. The van der Waals surface area contributed by atoms with Gasteiger partial charge in [0, 0.05) is 30.7 Å². The molecular weight excluding hydrogens is 370 g/mol. The second-order valence-corrected chi connectivity index (χ2v) is 7.75. The van der Waals surface area contributed by atoms with E-state index in [-0.39, 0.29) is 5.92 Å². The van der Waals surface area contributed by atoms with Crippen LogP contribution in [-0.4, -0.2) is 28.2 Å². The second kappa shape index (κ2) is 8.72. The highest BCUT2D eigenvalue weighted by Gasteiger charge is 2.27. The van der Waals surface area contributed by atoms with Gasteiger partial charge in [-0.25, -0.2) is 9.97 Å². The van der Waals surface area contributed by atoms with Crippen molar-refractivity contribution in [3.63, 3.8) is 0 Å². The Hall–Kier alpha value is -2.43. The van der Waals surface area contributed by atoms with Crippen LogP contribution in [0, 0.1) is 5.92 Å². The molecule has 1 unspecified atom stereocenters. The molecule has 1 fully saturated rings. The fraction of sp³-hybridized carbons (Fsp3) is 0.304. The molecule has 1 aliphatic heterocycles. The number of benzene rings is 2. The molecule has 28 heavy (non-hydrogen) atoms. The third-order valence-corrected chi connectivity index (χ3v) is 5.67. The van der Waals surface area contributed by atoms with Crippen molar-refractivity contribution in [3.8, 4) is 0 Å². The molecule has 0 spiro atoms. The zero-order valence-corrected chi connectivity index (χ0v) is 16.5. The minimum absolute atomic E-state index is 0.253. The van der Waals surface area contributed by atoms with Gasteiger partial charge in [-0.05, 0) is 48.1 Å². The zero-order chi connectivity index (χ0) is 19.3. The number of anilines is 1. The highest BCUT2D eigenvalue weighted by atomic mass is 35.5. The highest BCUT2D eigenvalue weighted by molar-refractivity contribution is 6.30. The lowest BCUT2D eigenvalue weighted by Gasteiger charge is -2.35. The predicted octanol–water partition coefficient (Wildman–Crippen LogP) is 4.67. The zero-order valence-electron chi connectivity index (χ0n) is 15.7. The Morgan fingerprint density at radius 1 is 1.00 bits per heavy atom. The maximum absolute atomic E-state index is 10.7. The van der Waals surface area contributed by atoms with Gasteiger partial charge in [0.1, 0.15) is 11.6 Å². The molecular formula is C23H24ClN3O. The van der Waals surface area contributed by atoms with E-state index in [1.807, 2.05) is 54.7 Å². The third-order valence-electron chi connectivity index (χ3n) is 5.42. The molecule has 0 amide bonds. The lowest BCUT2D eigenvalue weighted by atomic mass is 9.87. The van der Waals surface area contributed by atoms with Crippen molar-refractivity contribution in [2.24, 2.45) is 5.92 Å². The average molecular weight is 394 g/mol. The topological polar surface area (TPSA) is 49.2 Å². The first-order chi connectivity index (χ1) is 13.7. The predicted molar refractivity (Wildman–Crippen MR) is 113 cm³/mol. The molecule has 5 heteroatoms. The fourth-order valence-electron chi connectivity index (χ4n) is 3.80. The Morgan fingerprint density at radius 3 is 2.43 bits per heavy atom. The summed E-state index contributed by atoms with van der Waals surface area (Å²) >= 11 is 5.95. The number of hydrogen-bond donors (Lipinski definition) is 1. The first-order valence-electron chi connectivity index (χ1n) is 9.73. The molecule has 2 heterocycles. The Bertz CT molecular complexity index is 893. The van der Waals surface area contributed by atoms with Gasteiger partial charge in [0.05, 0.1) is 6.10 Å². The van der Waals surface area contributed by atoms with Crippen LogP contribution in [0.1, 0.15) is 35.9 Å². The van der Waals surface area contributed by atoms with Crippen LogP contribution in [0.3, 0.4) is 0 Å². The van der Waals surface area contributed by atoms with Crippen molar-refractivity contribution >= 4 is 17.4 Å². The summed E-state index contributed by atoms with van der Waals surface area (Å²) in [5.74, 6) is 2.07. The standard InChI is InChI=1S/C23H24ClN3O/c24-20-8-6-18(7-9-20)23(28)19-11-14-27(15-12-19)22-10-13-25-21(26-22)16-17-4-2-1-3-5-17/h1-10,13,19,23,28H,11-12,14-16H2. The minimum Gasteiger partial charge on any atom is -0.388 e. The summed E-state index contributed by atoms with van der Waals surface area (Å²) in [5, 5.41) is 11.4. The molecule has 4 nitrogen and oxygen atoms in total. The molecule has 3 aromatic rings. The summed E-state index contributed by atoms with van der Waals surface area (Å²) in [6.45, 7) is 1.77. The molecule has 1 saturated heterocycles. The number of rotatable bonds is 5. The molecule has 0 saturated carbocycles. The lowest BCUT2D eigenvalue weighted by Crippen LogP contribution is -2.36. The SMILES string of the molecule is OC(c1ccc(Cl)cc1)C1CCN(c2ccnc(Cc3ccccc3)n2)CC1. The van der Waals surface area contributed by atoms with E-state index in [4.69, 9.17) is 16.6 Å². The van der Waals surface area contributed by atoms with Gasteiger partial charge in [0.25, 0.3) is 0 Å². The summed E-state index contributed by atoms with van der Waals surface area (Å²) in [7, 11) is 0. The van der Waals surface area contributed by atoms with Crippen LogP contribution in [0.25, 0.3) is 0 Å². The number of aliphatic hydroxyl groups excluding tert-OH is 1. The normalized spacial score (nSPS) is 16.1. The molecule has 144 valence electrons. The van der Waals surface area contributed by atoms with Crippen molar-refractivity contribution in [2.75, 3.05) is 18.0 Å². The number of aliphatic hydroxyl groups is 1. The first kappa shape index (κ1) is 18.9. The molecule has 0 bridgehead atoms. The highest BCUT2D eigenvalue weighted by Crippen LogP contribution is 2.32. The van der Waals surface area contributed by atoms with Crippen LogP contribution in [-0.2, 0) is 6.42 Å². The number of piperidine rings is 1. The summed E-state index contributed by atoms with van der Waals surface area (Å²) in [4.78, 5) is 11.5. The summed E-state index contributed by atoms with van der Waals surface area (Å²) < 4.78 is 0. The van der Waals surface area contributed by atoms with E-state index < -0.39 is 6.10 Å². The Labute approximate surface area is 170 Å². The summed E-state index contributed by atoms with van der Waals surface area (Å²) in [6, 6.07) is 19.8. The Kier molecular flexibility index (Phi) is 5.89. The molecule has 0 aliphatic carbocycles. The van der Waals surface area contributed by atoms with Gasteiger partial charge >= 0.3 is 0 Å². The summed E-state index contributed by atoms with van der Waals surface area (Å²) in [6.07, 6.45) is 4.00. The van der Waals surface area contributed by atoms with E-state index in [0.717, 1.165) is 49.6 Å². The number of hydrogen-bond acceptors (Lipinski definition) is 4. The molecule has 1 N–H and O–H groups in total. The van der Waals surface area contributed by atoms with Crippen molar-refractivity contribution in [2.45, 2.75) is 25.4 Å². The third kappa shape index (κ3) is 4.51. The molecule has 1 aliphatic rings. The van der Waals surface area contributed by atoms with E-state index in [1.54, 1.807) is 0 Å². The van der Waals surface area contributed by atoms with Gasteiger partial charge in [-0.1, -0.05) is 54.1 Å². The van der Waals surface area contributed by atoms with Crippen molar-refractivity contribution in [1.82, 2.24) is 9.97 Å². The van der Waals surface area contributed by atoms with Gasteiger partial charge in [-0.2, -0.15) is 0 Å². The average Bonchev–Trinajstić information content (AvgIpc) is 2.75. The number of aromatic nitrogens is 2. The van der Waals surface area contributed by atoms with E-state index in [0.29, 0.717) is 5.02 Å². The lowest BCUT2D eigenvalue weighted by molar-refractivity contribution is 0.0929. The van der Waals surface area contributed by atoms with Crippen LogP contribution >= 0.6 is 11.6 Å². The molecule has 1 aromatic heterocycles. The van der Waals surface area contributed by atoms with Crippen molar-refractivity contribution in [3.05, 3.63) is 88.8 Å². The quantitative estimate of drug-likeness (QED) is 0.684. The smallest absolute Gasteiger partial charge is 0.135 e. The Morgan fingerprint density at radius 2 is 1.71 bits per heavy atom. The van der Waals surface area contributed by atoms with Gasteiger partial charge in [-0.3, -0.25) is 0 Å². The van der Waals surface area contributed by atoms with E-state index in [2.05, 4.69) is 22.0 Å². The van der Waals surface area contributed by atoms with Crippen molar-refractivity contribution < 1.29 is 5.11 Å². The number of halogens is 1. The molecule has 0 radical (unpaired) electrons. The maximum atomic E-state index is 10.7. The van der Waals surface area contributed by atoms with Gasteiger partial charge in [0.2, 0.25) is 0 Å². The van der Waals surface area contributed by atoms with Crippen molar-refractivity contribution in [1.29, 1.82) is 0 Å². The van der Waals surface area contributed by atoms with Gasteiger partial charge in [-0.15, -0.1) is 0 Å². The van der Waals surface area contributed by atoms with Crippen LogP contribution in [0.4, 0.5) is 5.82 Å². The van der Waals surface area contributed by atoms with Crippen LogP contribution in [0.2, 0.25) is 5.02 Å². The van der Waals surface area contributed by atoms with E-state index in [1.165, 1.54) is 5.56 Å².